The van der Waals surface area contributed by atoms with Gasteiger partial charge in [-0.3, -0.25) is 9.36 Å². The van der Waals surface area contributed by atoms with Gasteiger partial charge in [-0.05, 0) is 54.4 Å². The van der Waals surface area contributed by atoms with Crippen LogP contribution in [-0.2, 0) is 6.54 Å². The number of hydrogen-bond acceptors (Lipinski definition) is 4. The van der Waals surface area contributed by atoms with Crippen molar-refractivity contribution in [3.63, 3.8) is 0 Å². The SMILES string of the molecule is COc1ccc(Cn2c(=O)c3c(ncn3[C@H](C)c3ccccc3)n(-c3ccc(F)cc3)c2=O)cc1. The van der Waals surface area contributed by atoms with Crippen molar-refractivity contribution in [2.45, 2.75) is 19.5 Å². The van der Waals surface area contributed by atoms with Crippen LogP contribution in [-0.4, -0.2) is 25.8 Å². The Balaban J connectivity index is 1.76. The Hall–Kier alpha value is -4.46. The molecule has 0 bridgehead atoms. The first-order valence-electron chi connectivity index (χ1n) is 11.1. The number of halogens is 1. The minimum Gasteiger partial charge on any atom is -0.497 e. The van der Waals surface area contributed by atoms with Gasteiger partial charge in [-0.25, -0.2) is 18.7 Å². The molecule has 0 saturated heterocycles. The van der Waals surface area contributed by atoms with E-state index in [9.17, 15) is 14.0 Å². The van der Waals surface area contributed by atoms with E-state index in [4.69, 9.17) is 4.74 Å². The molecular formula is C27H23FN4O3. The first kappa shape index (κ1) is 22.3. The van der Waals surface area contributed by atoms with E-state index in [0.29, 0.717) is 17.0 Å². The summed E-state index contributed by atoms with van der Waals surface area (Å²) in [5.74, 6) is 0.253. The molecule has 2 heterocycles. The second kappa shape index (κ2) is 9.06. The summed E-state index contributed by atoms with van der Waals surface area (Å²) in [6.45, 7) is 2.03. The highest BCUT2D eigenvalue weighted by Gasteiger charge is 2.22. The molecule has 3 aromatic carbocycles. The largest absolute Gasteiger partial charge is 0.497 e. The lowest BCUT2D eigenvalue weighted by Gasteiger charge is -2.17. The molecule has 0 N–H and O–H groups in total. The van der Waals surface area contributed by atoms with Crippen LogP contribution in [0.2, 0.25) is 0 Å². The summed E-state index contributed by atoms with van der Waals surface area (Å²) in [6, 6.07) is 22.2. The summed E-state index contributed by atoms with van der Waals surface area (Å²) >= 11 is 0. The van der Waals surface area contributed by atoms with Crippen LogP contribution in [0, 0.1) is 5.82 Å². The van der Waals surface area contributed by atoms with Crippen LogP contribution in [0.4, 0.5) is 4.39 Å². The minimum atomic E-state index is -0.553. The number of rotatable bonds is 6. The van der Waals surface area contributed by atoms with E-state index in [1.807, 2.05) is 37.3 Å². The molecule has 0 saturated carbocycles. The standard InChI is InChI=1S/C27H23FN4O3/c1-18(20-6-4-3-5-7-20)31-17-29-25-24(31)26(33)30(16-19-8-14-23(35-2)15-9-19)27(34)32(25)22-12-10-21(28)11-13-22/h3-15,17-18H,16H2,1-2H3/t18-/m1/s1. The van der Waals surface area contributed by atoms with E-state index >= 15 is 0 Å². The maximum atomic E-state index is 13.7. The number of aromatic nitrogens is 4. The molecule has 5 rings (SSSR count). The molecule has 0 fully saturated rings. The van der Waals surface area contributed by atoms with Gasteiger partial charge in [0, 0.05) is 0 Å². The molecule has 0 amide bonds. The van der Waals surface area contributed by atoms with Gasteiger partial charge in [0.15, 0.2) is 11.2 Å². The number of ether oxygens (including phenoxy) is 1. The van der Waals surface area contributed by atoms with E-state index in [1.165, 1.54) is 33.4 Å². The van der Waals surface area contributed by atoms with Gasteiger partial charge >= 0.3 is 5.69 Å². The Kier molecular flexibility index (Phi) is 5.78. The normalized spacial score (nSPS) is 12.1. The maximum Gasteiger partial charge on any atom is 0.337 e. The third kappa shape index (κ3) is 4.03. The van der Waals surface area contributed by atoms with Crippen molar-refractivity contribution >= 4 is 11.2 Å². The Morgan fingerprint density at radius 1 is 0.943 bits per heavy atom. The van der Waals surface area contributed by atoms with Gasteiger partial charge in [-0.15, -0.1) is 0 Å². The molecule has 2 aromatic heterocycles. The average molecular weight is 471 g/mol. The lowest BCUT2D eigenvalue weighted by Crippen LogP contribution is -2.40. The van der Waals surface area contributed by atoms with Crippen LogP contribution in [0.3, 0.4) is 0 Å². The van der Waals surface area contributed by atoms with E-state index in [-0.39, 0.29) is 18.2 Å². The fourth-order valence-corrected chi connectivity index (χ4v) is 4.21. The highest BCUT2D eigenvalue weighted by atomic mass is 19.1. The van der Waals surface area contributed by atoms with Crippen LogP contribution in [0.1, 0.15) is 24.1 Å². The van der Waals surface area contributed by atoms with Crippen molar-refractivity contribution in [2.24, 2.45) is 0 Å². The molecule has 0 unspecified atom stereocenters. The van der Waals surface area contributed by atoms with Gasteiger partial charge in [-0.1, -0.05) is 42.5 Å². The van der Waals surface area contributed by atoms with Crippen molar-refractivity contribution in [2.75, 3.05) is 7.11 Å². The Morgan fingerprint density at radius 2 is 1.63 bits per heavy atom. The molecule has 8 heteroatoms. The second-order valence-electron chi connectivity index (χ2n) is 8.24. The predicted octanol–water partition coefficient (Wildman–Crippen LogP) is 4.15. The Labute approximate surface area is 200 Å². The quantitative estimate of drug-likeness (QED) is 0.374. The first-order valence-corrected chi connectivity index (χ1v) is 11.1. The highest BCUT2D eigenvalue weighted by Crippen LogP contribution is 2.22. The van der Waals surface area contributed by atoms with Crippen LogP contribution in [0.5, 0.6) is 5.75 Å². The molecule has 176 valence electrons. The average Bonchev–Trinajstić information content (AvgIpc) is 3.33. The fourth-order valence-electron chi connectivity index (χ4n) is 4.21. The third-order valence-electron chi connectivity index (χ3n) is 6.14. The van der Waals surface area contributed by atoms with Crippen LogP contribution in [0.15, 0.2) is 94.8 Å². The second-order valence-corrected chi connectivity index (χ2v) is 8.24. The lowest BCUT2D eigenvalue weighted by molar-refractivity contribution is 0.414. The summed E-state index contributed by atoms with van der Waals surface area (Å²) in [6.07, 6.45) is 1.57. The maximum absolute atomic E-state index is 13.7. The molecule has 0 aliphatic heterocycles. The van der Waals surface area contributed by atoms with Crippen molar-refractivity contribution < 1.29 is 9.13 Å². The highest BCUT2D eigenvalue weighted by molar-refractivity contribution is 5.73. The van der Waals surface area contributed by atoms with Gasteiger partial charge in [0.25, 0.3) is 5.56 Å². The summed E-state index contributed by atoms with van der Waals surface area (Å²) < 4.78 is 23.2. The zero-order valence-electron chi connectivity index (χ0n) is 19.3. The first-order chi connectivity index (χ1) is 17.0. The number of imidazole rings is 1. The molecule has 1 atom stereocenters. The zero-order valence-corrected chi connectivity index (χ0v) is 19.3. The fraction of sp³-hybridized carbons (Fsp3) is 0.148. The molecule has 5 aromatic rings. The molecule has 0 radical (unpaired) electrons. The molecule has 0 spiro atoms. The summed E-state index contributed by atoms with van der Waals surface area (Å²) in [5, 5.41) is 0. The van der Waals surface area contributed by atoms with E-state index < -0.39 is 17.1 Å². The monoisotopic (exact) mass is 470 g/mol. The third-order valence-corrected chi connectivity index (χ3v) is 6.14. The van der Waals surface area contributed by atoms with Gasteiger partial charge < -0.3 is 9.30 Å². The van der Waals surface area contributed by atoms with Crippen molar-refractivity contribution in [3.05, 3.63) is 123 Å². The van der Waals surface area contributed by atoms with Gasteiger partial charge in [0.1, 0.15) is 11.6 Å². The topological polar surface area (TPSA) is 71.1 Å². The Morgan fingerprint density at radius 3 is 2.29 bits per heavy atom. The molecular weight excluding hydrogens is 447 g/mol. The van der Waals surface area contributed by atoms with E-state index in [0.717, 1.165) is 11.1 Å². The van der Waals surface area contributed by atoms with Crippen LogP contribution in [0.25, 0.3) is 16.9 Å². The number of hydrogen-bond donors (Lipinski definition) is 0. The summed E-state index contributed by atoms with van der Waals surface area (Å²) in [5.41, 5.74) is 1.69. The zero-order chi connectivity index (χ0) is 24.5. The Bertz CT molecular complexity index is 1600. The smallest absolute Gasteiger partial charge is 0.337 e. The number of fused-ring (bicyclic) bond motifs is 1. The van der Waals surface area contributed by atoms with Crippen LogP contribution >= 0.6 is 0 Å². The lowest BCUT2D eigenvalue weighted by atomic mass is 10.1. The van der Waals surface area contributed by atoms with Crippen molar-refractivity contribution in [1.29, 1.82) is 0 Å². The summed E-state index contributed by atoms with van der Waals surface area (Å²) in [7, 11) is 1.57. The van der Waals surface area contributed by atoms with Gasteiger partial charge in [0.2, 0.25) is 0 Å². The van der Waals surface area contributed by atoms with Crippen molar-refractivity contribution in [3.8, 4) is 11.4 Å². The minimum absolute atomic E-state index is 0.0592. The van der Waals surface area contributed by atoms with Gasteiger partial charge in [-0.2, -0.15) is 0 Å². The van der Waals surface area contributed by atoms with E-state index in [2.05, 4.69) is 4.98 Å². The molecule has 7 nitrogen and oxygen atoms in total. The molecule has 35 heavy (non-hydrogen) atoms. The van der Waals surface area contributed by atoms with Crippen LogP contribution < -0.4 is 16.0 Å². The number of methoxy groups -OCH3 is 1. The van der Waals surface area contributed by atoms with Crippen molar-refractivity contribution in [1.82, 2.24) is 18.7 Å². The number of benzene rings is 3. The predicted molar refractivity (Wildman–Crippen MR) is 132 cm³/mol. The molecule has 0 aliphatic carbocycles. The number of nitrogens with zero attached hydrogens (tertiary/aromatic N) is 4. The molecule has 0 aliphatic rings. The summed E-state index contributed by atoms with van der Waals surface area (Å²) in [4.78, 5) is 31.8. The van der Waals surface area contributed by atoms with E-state index in [1.54, 1.807) is 42.3 Å². The van der Waals surface area contributed by atoms with Gasteiger partial charge in [0.05, 0.1) is 31.7 Å².